The first-order valence-corrected chi connectivity index (χ1v) is 10.3. The van der Waals surface area contributed by atoms with E-state index in [0.717, 1.165) is 16.6 Å². The molecule has 0 saturated heterocycles. The summed E-state index contributed by atoms with van der Waals surface area (Å²) in [6, 6.07) is 22.1. The van der Waals surface area contributed by atoms with Crippen LogP contribution in [0.5, 0.6) is 5.88 Å². The average molecular weight is 439 g/mol. The van der Waals surface area contributed by atoms with Gasteiger partial charge in [-0.2, -0.15) is 9.78 Å². The van der Waals surface area contributed by atoms with E-state index in [-0.39, 0.29) is 11.4 Å². The van der Waals surface area contributed by atoms with Crippen LogP contribution in [0.25, 0.3) is 5.69 Å². The molecule has 1 aromatic heterocycles. The standard InChI is InChI=1S/C23H16ClFN2O2S/c1-15-21(30-20-12-10-17(24)11-13-20)22(27(26-15)19-8-3-2-4-9-19)29-23(28)16-6-5-7-18(25)14-16/h2-14H,1H3. The number of benzene rings is 3. The van der Waals surface area contributed by atoms with Crippen molar-refractivity contribution in [2.45, 2.75) is 16.7 Å². The fourth-order valence-electron chi connectivity index (χ4n) is 2.83. The fourth-order valence-corrected chi connectivity index (χ4v) is 3.86. The second-order valence-corrected chi connectivity index (χ2v) is 7.94. The van der Waals surface area contributed by atoms with Crippen LogP contribution in [0.15, 0.2) is 88.7 Å². The molecule has 0 unspecified atom stereocenters. The zero-order valence-electron chi connectivity index (χ0n) is 15.9. The highest BCUT2D eigenvalue weighted by molar-refractivity contribution is 7.99. The molecular formula is C23H16ClFN2O2S. The van der Waals surface area contributed by atoms with Crippen molar-refractivity contribution in [1.29, 1.82) is 0 Å². The lowest BCUT2D eigenvalue weighted by atomic mass is 10.2. The Balaban J connectivity index is 1.76. The van der Waals surface area contributed by atoms with E-state index in [4.69, 9.17) is 16.3 Å². The highest BCUT2D eigenvalue weighted by Crippen LogP contribution is 2.39. The summed E-state index contributed by atoms with van der Waals surface area (Å²) >= 11 is 7.40. The molecule has 0 saturated carbocycles. The van der Waals surface area contributed by atoms with Gasteiger partial charge in [0, 0.05) is 9.92 Å². The lowest BCUT2D eigenvalue weighted by molar-refractivity contribution is 0.0718. The number of ether oxygens (including phenoxy) is 1. The number of rotatable bonds is 5. The van der Waals surface area contributed by atoms with Gasteiger partial charge in [-0.3, -0.25) is 0 Å². The lowest BCUT2D eigenvalue weighted by Gasteiger charge is -2.10. The maximum atomic E-state index is 13.6. The summed E-state index contributed by atoms with van der Waals surface area (Å²) in [5, 5.41) is 5.21. The number of esters is 1. The Labute approximate surface area is 182 Å². The highest BCUT2D eigenvalue weighted by Gasteiger charge is 2.23. The molecule has 0 aliphatic heterocycles. The number of hydrogen-bond donors (Lipinski definition) is 0. The molecule has 4 aromatic rings. The largest absolute Gasteiger partial charge is 0.402 e. The molecule has 0 radical (unpaired) electrons. The van der Waals surface area contributed by atoms with Crippen LogP contribution in [-0.2, 0) is 0 Å². The van der Waals surface area contributed by atoms with Gasteiger partial charge >= 0.3 is 5.97 Å². The Morgan fingerprint density at radius 3 is 2.47 bits per heavy atom. The van der Waals surface area contributed by atoms with Crippen LogP contribution in [0.1, 0.15) is 16.1 Å². The normalized spacial score (nSPS) is 10.8. The summed E-state index contributed by atoms with van der Waals surface area (Å²) in [5.74, 6) is -0.898. The Kier molecular flexibility index (Phi) is 5.88. The summed E-state index contributed by atoms with van der Waals surface area (Å²) < 4.78 is 20.9. The second-order valence-electron chi connectivity index (χ2n) is 6.42. The van der Waals surface area contributed by atoms with E-state index in [1.165, 1.54) is 30.0 Å². The number of para-hydroxylation sites is 1. The molecule has 4 rings (SSSR count). The molecule has 7 heteroatoms. The minimum atomic E-state index is -0.662. The van der Waals surface area contributed by atoms with Gasteiger partial charge in [-0.25, -0.2) is 9.18 Å². The van der Waals surface area contributed by atoms with Gasteiger partial charge in [0.15, 0.2) is 0 Å². The number of aryl methyl sites for hydroxylation is 1. The van der Waals surface area contributed by atoms with Crippen LogP contribution in [0.2, 0.25) is 5.02 Å². The average Bonchev–Trinajstić information content (AvgIpc) is 3.05. The van der Waals surface area contributed by atoms with Crippen molar-refractivity contribution in [3.8, 4) is 11.6 Å². The zero-order chi connectivity index (χ0) is 21.1. The van der Waals surface area contributed by atoms with E-state index in [9.17, 15) is 9.18 Å². The Bertz CT molecular complexity index is 1190. The smallest absolute Gasteiger partial charge is 0.345 e. The molecule has 30 heavy (non-hydrogen) atoms. The zero-order valence-corrected chi connectivity index (χ0v) is 17.5. The number of nitrogens with zero attached hydrogens (tertiary/aromatic N) is 2. The number of halogens is 2. The molecule has 150 valence electrons. The topological polar surface area (TPSA) is 44.1 Å². The Morgan fingerprint density at radius 2 is 1.77 bits per heavy atom. The first kappa shape index (κ1) is 20.2. The second kappa shape index (κ2) is 8.73. The van der Waals surface area contributed by atoms with Crippen molar-refractivity contribution in [2.24, 2.45) is 0 Å². The molecule has 0 fully saturated rings. The maximum Gasteiger partial charge on any atom is 0.345 e. The number of hydrogen-bond acceptors (Lipinski definition) is 4. The van der Waals surface area contributed by atoms with Gasteiger partial charge in [0.05, 0.1) is 21.8 Å². The van der Waals surface area contributed by atoms with Crippen LogP contribution in [0, 0.1) is 12.7 Å². The predicted molar refractivity (Wildman–Crippen MR) is 115 cm³/mol. The predicted octanol–water partition coefficient (Wildman–Crippen LogP) is 6.34. The number of carbonyl (C=O) groups excluding carboxylic acids is 1. The van der Waals surface area contributed by atoms with Gasteiger partial charge < -0.3 is 4.74 Å². The first-order valence-electron chi connectivity index (χ1n) is 9.07. The third-order valence-corrected chi connectivity index (χ3v) is 5.68. The van der Waals surface area contributed by atoms with Gasteiger partial charge in [-0.1, -0.05) is 47.6 Å². The van der Waals surface area contributed by atoms with E-state index in [0.29, 0.717) is 15.6 Å². The van der Waals surface area contributed by atoms with Gasteiger partial charge in [0.2, 0.25) is 5.88 Å². The minimum Gasteiger partial charge on any atom is -0.402 e. The molecule has 3 aromatic carbocycles. The molecule has 0 aliphatic carbocycles. The van der Waals surface area contributed by atoms with Crippen molar-refractivity contribution in [3.05, 3.63) is 101 Å². The summed E-state index contributed by atoms with van der Waals surface area (Å²) in [5.41, 5.74) is 1.56. The molecular weight excluding hydrogens is 423 g/mol. The van der Waals surface area contributed by atoms with Crippen molar-refractivity contribution >= 4 is 29.3 Å². The first-order chi connectivity index (χ1) is 14.5. The van der Waals surface area contributed by atoms with Gasteiger partial charge in [0.25, 0.3) is 0 Å². The van der Waals surface area contributed by atoms with Crippen LogP contribution in [0.3, 0.4) is 0 Å². The van der Waals surface area contributed by atoms with Crippen molar-refractivity contribution < 1.29 is 13.9 Å². The Morgan fingerprint density at radius 1 is 1.03 bits per heavy atom. The van der Waals surface area contributed by atoms with Crippen LogP contribution in [0.4, 0.5) is 4.39 Å². The number of carbonyl (C=O) groups is 1. The van der Waals surface area contributed by atoms with Crippen LogP contribution in [-0.4, -0.2) is 15.7 Å². The van der Waals surface area contributed by atoms with E-state index in [1.54, 1.807) is 16.8 Å². The minimum absolute atomic E-state index is 0.121. The third-order valence-electron chi connectivity index (χ3n) is 4.25. The van der Waals surface area contributed by atoms with Gasteiger partial charge in [-0.15, -0.1) is 0 Å². The maximum absolute atomic E-state index is 13.6. The molecule has 4 nitrogen and oxygen atoms in total. The van der Waals surface area contributed by atoms with E-state index >= 15 is 0 Å². The fraction of sp³-hybridized carbons (Fsp3) is 0.0435. The molecule has 0 bridgehead atoms. The van der Waals surface area contributed by atoms with E-state index < -0.39 is 11.8 Å². The highest BCUT2D eigenvalue weighted by atomic mass is 35.5. The number of aromatic nitrogens is 2. The monoisotopic (exact) mass is 438 g/mol. The van der Waals surface area contributed by atoms with Crippen molar-refractivity contribution in [1.82, 2.24) is 9.78 Å². The SMILES string of the molecule is Cc1nn(-c2ccccc2)c(OC(=O)c2cccc(F)c2)c1Sc1ccc(Cl)cc1. The Hall–Kier alpha value is -3.09. The lowest BCUT2D eigenvalue weighted by Crippen LogP contribution is -2.12. The molecule has 1 heterocycles. The summed E-state index contributed by atoms with van der Waals surface area (Å²) in [7, 11) is 0. The molecule has 0 amide bonds. The van der Waals surface area contributed by atoms with Gasteiger partial charge in [0.1, 0.15) is 5.82 Å². The molecule has 0 aliphatic rings. The summed E-state index contributed by atoms with van der Waals surface area (Å²) in [4.78, 5) is 14.4. The quantitative estimate of drug-likeness (QED) is 0.341. The summed E-state index contributed by atoms with van der Waals surface area (Å²) in [6.45, 7) is 1.84. The molecule has 0 spiro atoms. The van der Waals surface area contributed by atoms with Gasteiger partial charge in [-0.05, 0) is 61.5 Å². The van der Waals surface area contributed by atoms with Crippen molar-refractivity contribution in [2.75, 3.05) is 0 Å². The molecule has 0 N–H and O–H groups in total. The van der Waals surface area contributed by atoms with E-state index in [1.807, 2.05) is 49.4 Å². The van der Waals surface area contributed by atoms with Crippen LogP contribution < -0.4 is 4.74 Å². The molecule has 0 atom stereocenters. The van der Waals surface area contributed by atoms with E-state index in [2.05, 4.69) is 5.10 Å². The van der Waals surface area contributed by atoms with Crippen LogP contribution >= 0.6 is 23.4 Å². The summed E-state index contributed by atoms with van der Waals surface area (Å²) in [6.07, 6.45) is 0. The third kappa shape index (κ3) is 4.40. The van der Waals surface area contributed by atoms with Crippen molar-refractivity contribution in [3.63, 3.8) is 0 Å².